The minimum absolute atomic E-state index is 0.0526. The predicted octanol–water partition coefficient (Wildman–Crippen LogP) is 2.41. The highest BCUT2D eigenvalue weighted by atomic mass is 16.1. The number of hydrogen-bond acceptors (Lipinski definition) is 3. The van der Waals surface area contributed by atoms with Crippen LogP contribution in [0.15, 0.2) is 30.6 Å². The van der Waals surface area contributed by atoms with Crippen molar-refractivity contribution in [2.75, 3.05) is 6.54 Å². The Morgan fingerprint density at radius 1 is 1.22 bits per heavy atom. The lowest BCUT2D eigenvalue weighted by molar-refractivity contribution is 0.0952. The van der Waals surface area contributed by atoms with E-state index in [9.17, 15) is 4.79 Å². The maximum atomic E-state index is 11.9. The second kappa shape index (κ2) is 5.58. The molecule has 1 aromatic heterocycles. The SMILES string of the molecule is CC(C)CCNC(=O)c1ccc2nccnc2c1. The van der Waals surface area contributed by atoms with Crippen molar-refractivity contribution in [1.29, 1.82) is 0 Å². The quantitative estimate of drug-likeness (QED) is 0.897. The van der Waals surface area contributed by atoms with E-state index in [0.717, 1.165) is 17.5 Å². The van der Waals surface area contributed by atoms with Gasteiger partial charge in [0.2, 0.25) is 0 Å². The fourth-order valence-electron chi connectivity index (χ4n) is 1.68. The molecule has 4 nitrogen and oxygen atoms in total. The number of nitrogens with one attached hydrogen (secondary N) is 1. The Labute approximate surface area is 106 Å². The summed E-state index contributed by atoms with van der Waals surface area (Å²) in [6, 6.07) is 5.37. The van der Waals surface area contributed by atoms with Gasteiger partial charge in [-0.3, -0.25) is 14.8 Å². The molecule has 1 heterocycles. The van der Waals surface area contributed by atoms with Crippen LogP contribution in [0.3, 0.4) is 0 Å². The molecule has 4 heteroatoms. The van der Waals surface area contributed by atoms with Crippen molar-refractivity contribution in [2.24, 2.45) is 5.92 Å². The van der Waals surface area contributed by atoms with Crippen LogP contribution in [0.5, 0.6) is 0 Å². The molecule has 2 aromatic rings. The lowest BCUT2D eigenvalue weighted by Gasteiger charge is -2.07. The zero-order valence-corrected chi connectivity index (χ0v) is 10.7. The molecule has 0 aliphatic carbocycles. The molecule has 0 aliphatic heterocycles. The highest BCUT2D eigenvalue weighted by Gasteiger charge is 2.06. The second-order valence-corrected chi connectivity index (χ2v) is 4.70. The van der Waals surface area contributed by atoms with Gasteiger partial charge < -0.3 is 5.32 Å². The Balaban J connectivity index is 2.08. The summed E-state index contributed by atoms with van der Waals surface area (Å²) in [6.07, 6.45) is 4.26. The van der Waals surface area contributed by atoms with Gasteiger partial charge in [0.25, 0.3) is 5.91 Å². The first-order chi connectivity index (χ1) is 8.66. The Morgan fingerprint density at radius 2 is 1.94 bits per heavy atom. The van der Waals surface area contributed by atoms with Crippen molar-refractivity contribution in [1.82, 2.24) is 15.3 Å². The molecule has 0 saturated carbocycles. The lowest BCUT2D eigenvalue weighted by atomic mass is 10.1. The third-order valence-corrected chi connectivity index (χ3v) is 2.74. The molecule has 2 rings (SSSR count). The van der Waals surface area contributed by atoms with E-state index in [4.69, 9.17) is 0 Å². The van der Waals surface area contributed by atoms with Crippen LogP contribution in [0.1, 0.15) is 30.6 Å². The van der Waals surface area contributed by atoms with Crippen molar-refractivity contribution in [3.8, 4) is 0 Å². The summed E-state index contributed by atoms with van der Waals surface area (Å²) in [6.45, 7) is 4.98. The van der Waals surface area contributed by atoms with Crippen molar-refractivity contribution in [3.63, 3.8) is 0 Å². The summed E-state index contributed by atoms with van der Waals surface area (Å²) in [5, 5.41) is 2.91. The Bertz CT molecular complexity index is 551. The van der Waals surface area contributed by atoms with Gasteiger partial charge in [0, 0.05) is 24.5 Å². The van der Waals surface area contributed by atoms with Crippen LogP contribution in [0.2, 0.25) is 0 Å². The van der Waals surface area contributed by atoms with E-state index in [2.05, 4.69) is 29.1 Å². The van der Waals surface area contributed by atoms with Gasteiger partial charge in [0.1, 0.15) is 0 Å². The Kier molecular flexibility index (Phi) is 3.87. The molecule has 0 saturated heterocycles. The molecule has 0 spiro atoms. The van der Waals surface area contributed by atoms with Crippen LogP contribution in [-0.4, -0.2) is 22.4 Å². The molecule has 0 unspecified atom stereocenters. The maximum Gasteiger partial charge on any atom is 0.251 e. The number of amides is 1. The van der Waals surface area contributed by atoms with E-state index >= 15 is 0 Å². The molecule has 0 radical (unpaired) electrons. The van der Waals surface area contributed by atoms with Gasteiger partial charge >= 0.3 is 0 Å². The number of hydrogen-bond donors (Lipinski definition) is 1. The van der Waals surface area contributed by atoms with Crippen LogP contribution in [0, 0.1) is 5.92 Å². The molecule has 1 amide bonds. The number of aromatic nitrogens is 2. The number of rotatable bonds is 4. The normalized spacial score (nSPS) is 10.8. The molecule has 0 fully saturated rings. The van der Waals surface area contributed by atoms with Gasteiger partial charge in [-0.25, -0.2) is 0 Å². The van der Waals surface area contributed by atoms with Gasteiger partial charge in [-0.15, -0.1) is 0 Å². The molecule has 0 atom stereocenters. The average Bonchev–Trinajstić information content (AvgIpc) is 2.37. The van der Waals surface area contributed by atoms with Crippen LogP contribution in [0.4, 0.5) is 0 Å². The largest absolute Gasteiger partial charge is 0.352 e. The topological polar surface area (TPSA) is 54.9 Å². The van der Waals surface area contributed by atoms with Crippen molar-refractivity contribution < 1.29 is 4.79 Å². The monoisotopic (exact) mass is 243 g/mol. The fourth-order valence-corrected chi connectivity index (χ4v) is 1.68. The Hall–Kier alpha value is -1.97. The highest BCUT2D eigenvalue weighted by molar-refractivity contribution is 5.97. The molecule has 1 aromatic carbocycles. The average molecular weight is 243 g/mol. The molecule has 18 heavy (non-hydrogen) atoms. The van der Waals surface area contributed by atoms with Crippen molar-refractivity contribution >= 4 is 16.9 Å². The van der Waals surface area contributed by atoms with E-state index in [1.807, 2.05) is 6.07 Å². The van der Waals surface area contributed by atoms with Crippen LogP contribution >= 0.6 is 0 Å². The summed E-state index contributed by atoms with van der Waals surface area (Å²) >= 11 is 0. The number of benzene rings is 1. The van der Waals surface area contributed by atoms with Gasteiger partial charge in [-0.05, 0) is 30.5 Å². The predicted molar refractivity (Wildman–Crippen MR) is 71.3 cm³/mol. The number of nitrogens with zero attached hydrogens (tertiary/aromatic N) is 2. The standard InChI is InChI=1S/C14H17N3O/c1-10(2)5-6-17-14(18)11-3-4-12-13(9-11)16-8-7-15-12/h3-4,7-10H,5-6H2,1-2H3,(H,17,18). The summed E-state index contributed by atoms with van der Waals surface area (Å²) in [4.78, 5) is 20.3. The summed E-state index contributed by atoms with van der Waals surface area (Å²) in [5.74, 6) is 0.538. The van der Waals surface area contributed by atoms with Gasteiger partial charge in [0.05, 0.1) is 11.0 Å². The zero-order chi connectivity index (χ0) is 13.0. The minimum atomic E-state index is -0.0526. The minimum Gasteiger partial charge on any atom is -0.352 e. The summed E-state index contributed by atoms with van der Waals surface area (Å²) in [7, 11) is 0. The van der Waals surface area contributed by atoms with Gasteiger partial charge in [-0.2, -0.15) is 0 Å². The van der Waals surface area contributed by atoms with E-state index in [-0.39, 0.29) is 5.91 Å². The fraction of sp³-hybridized carbons (Fsp3) is 0.357. The third kappa shape index (κ3) is 3.03. The molecular formula is C14H17N3O. The number of carbonyl (C=O) groups is 1. The van der Waals surface area contributed by atoms with Crippen LogP contribution < -0.4 is 5.32 Å². The van der Waals surface area contributed by atoms with Gasteiger partial charge in [-0.1, -0.05) is 13.8 Å². The maximum absolute atomic E-state index is 11.9. The first kappa shape index (κ1) is 12.5. The van der Waals surface area contributed by atoms with Crippen LogP contribution in [0.25, 0.3) is 11.0 Å². The number of fused-ring (bicyclic) bond motifs is 1. The van der Waals surface area contributed by atoms with Crippen molar-refractivity contribution in [2.45, 2.75) is 20.3 Å². The first-order valence-corrected chi connectivity index (χ1v) is 6.16. The summed E-state index contributed by atoms with van der Waals surface area (Å²) < 4.78 is 0. The smallest absolute Gasteiger partial charge is 0.251 e. The van der Waals surface area contributed by atoms with Gasteiger partial charge in [0.15, 0.2) is 0 Å². The lowest BCUT2D eigenvalue weighted by Crippen LogP contribution is -2.25. The number of carbonyl (C=O) groups excluding carboxylic acids is 1. The molecule has 94 valence electrons. The Morgan fingerprint density at radius 3 is 2.67 bits per heavy atom. The third-order valence-electron chi connectivity index (χ3n) is 2.74. The summed E-state index contributed by atoms with van der Waals surface area (Å²) in [5.41, 5.74) is 2.18. The highest BCUT2D eigenvalue weighted by Crippen LogP contribution is 2.10. The molecule has 1 N–H and O–H groups in total. The second-order valence-electron chi connectivity index (χ2n) is 4.70. The van der Waals surface area contributed by atoms with Crippen molar-refractivity contribution in [3.05, 3.63) is 36.2 Å². The molecule has 0 aliphatic rings. The van der Waals surface area contributed by atoms with E-state index in [0.29, 0.717) is 18.0 Å². The van der Waals surface area contributed by atoms with E-state index in [1.54, 1.807) is 24.5 Å². The molecular weight excluding hydrogens is 226 g/mol. The van der Waals surface area contributed by atoms with E-state index in [1.165, 1.54) is 0 Å². The van der Waals surface area contributed by atoms with E-state index < -0.39 is 0 Å². The zero-order valence-electron chi connectivity index (χ0n) is 10.7. The van der Waals surface area contributed by atoms with Crippen LogP contribution in [-0.2, 0) is 0 Å². The first-order valence-electron chi connectivity index (χ1n) is 6.16. The molecule has 0 bridgehead atoms.